The van der Waals surface area contributed by atoms with Gasteiger partial charge in [-0.3, -0.25) is 0 Å². The molecule has 84 valence electrons. The maximum Gasteiger partial charge on any atom is 0.0922 e. The van der Waals surface area contributed by atoms with Crippen LogP contribution in [0, 0.1) is 0 Å². The molecule has 0 saturated carbocycles. The van der Waals surface area contributed by atoms with Gasteiger partial charge in [0.25, 0.3) is 0 Å². The summed E-state index contributed by atoms with van der Waals surface area (Å²) in [6.45, 7) is 0.780. The zero-order chi connectivity index (χ0) is 11.2. The first kappa shape index (κ1) is 11.1. The van der Waals surface area contributed by atoms with Crippen molar-refractivity contribution < 1.29 is 0 Å². The highest BCUT2D eigenvalue weighted by atomic mass is 32.2. The molecule has 2 N–H and O–H groups in total. The lowest BCUT2D eigenvalue weighted by Crippen LogP contribution is -1.99. The van der Waals surface area contributed by atoms with Crippen LogP contribution >= 0.6 is 11.8 Å². The van der Waals surface area contributed by atoms with Crippen LogP contribution in [-0.4, -0.2) is 16.2 Å². The summed E-state index contributed by atoms with van der Waals surface area (Å²) in [5.74, 6) is 1.06. The number of aromatic amines is 1. The zero-order valence-corrected chi connectivity index (χ0v) is 10.1. The summed E-state index contributed by atoms with van der Waals surface area (Å²) < 4.78 is 0. The molecule has 2 rings (SSSR count). The van der Waals surface area contributed by atoms with Crippen molar-refractivity contribution in [1.29, 1.82) is 0 Å². The molecular weight excluding hydrogens is 218 g/mol. The Balaban J connectivity index is 1.96. The summed E-state index contributed by atoms with van der Waals surface area (Å²) in [6, 6.07) is 8.51. The van der Waals surface area contributed by atoms with Crippen molar-refractivity contribution in [3.8, 4) is 0 Å². The Labute approximate surface area is 99.7 Å². The molecule has 3 nitrogen and oxygen atoms in total. The molecule has 0 spiro atoms. The van der Waals surface area contributed by atoms with Crippen LogP contribution in [-0.2, 0) is 12.3 Å². The van der Waals surface area contributed by atoms with Crippen LogP contribution < -0.4 is 5.32 Å². The minimum Gasteiger partial charge on any atom is -0.379 e. The number of H-pyrrole nitrogens is 1. The number of hydrogen-bond donors (Lipinski definition) is 2. The second-order valence-electron chi connectivity index (χ2n) is 3.56. The molecule has 0 saturated heterocycles. The molecule has 1 aromatic carbocycles. The third-order valence-electron chi connectivity index (χ3n) is 2.28. The fourth-order valence-corrected chi connectivity index (χ4v) is 2.03. The van der Waals surface area contributed by atoms with Gasteiger partial charge >= 0.3 is 0 Å². The van der Waals surface area contributed by atoms with Gasteiger partial charge in [-0.2, -0.15) is 11.8 Å². The number of imidazole rings is 1. The van der Waals surface area contributed by atoms with Gasteiger partial charge in [-0.1, -0.05) is 12.1 Å². The minimum atomic E-state index is 0.780. The smallest absolute Gasteiger partial charge is 0.0922 e. The summed E-state index contributed by atoms with van der Waals surface area (Å²) in [5, 5.41) is 3.37. The van der Waals surface area contributed by atoms with E-state index in [1.54, 1.807) is 6.33 Å². The number of anilines is 1. The monoisotopic (exact) mass is 233 g/mol. The number of thioether (sulfide) groups is 1. The molecule has 0 amide bonds. The van der Waals surface area contributed by atoms with E-state index >= 15 is 0 Å². The summed E-state index contributed by atoms with van der Waals surface area (Å²) >= 11 is 1.84. The molecule has 0 atom stereocenters. The van der Waals surface area contributed by atoms with Crippen molar-refractivity contribution in [2.45, 2.75) is 12.3 Å². The van der Waals surface area contributed by atoms with Crippen LogP contribution in [0.3, 0.4) is 0 Å². The number of aromatic nitrogens is 2. The van der Waals surface area contributed by atoms with Crippen molar-refractivity contribution in [3.63, 3.8) is 0 Å². The van der Waals surface area contributed by atoms with Gasteiger partial charge in [0.15, 0.2) is 0 Å². The Hall–Kier alpha value is -1.42. The average Bonchev–Trinajstić information content (AvgIpc) is 2.80. The predicted octanol–water partition coefficient (Wildman–Crippen LogP) is 2.88. The van der Waals surface area contributed by atoms with Crippen molar-refractivity contribution in [3.05, 3.63) is 48.0 Å². The average molecular weight is 233 g/mol. The van der Waals surface area contributed by atoms with E-state index < -0.39 is 0 Å². The van der Waals surface area contributed by atoms with Crippen LogP contribution in [0.4, 0.5) is 5.69 Å². The Bertz CT molecular complexity index is 426. The molecule has 1 heterocycles. The van der Waals surface area contributed by atoms with Crippen LogP contribution in [0.5, 0.6) is 0 Å². The summed E-state index contributed by atoms with van der Waals surface area (Å²) in [7, 11) is 0. The molecule has 4 heteroatoms. The molecule has 0 aliphatic rings. The molecule has 0 unspecified atom stereocenters. The highest BCUT2D eigenvalue weighted by Gasteiger charge is 1.96. The highest BCUT2D eigenvalue weighted by molar-refractivity contribution is 7.97. The summed E-state index contributed by atoms with van der Waals surface area (Å²) in [4.78, 5) is 7.05. The third-order valence-corrected chi connectivity index (χ3v) is 2.90. The number of benzene rings is 1. The van der Waals surface area contributed by atoms with E-state index in [9.17, 15) is 0 Å². The predicted molar refractivity (Wildman–Crippen MR) is 69.6 cm³/mol. The largest absolute Gasteiger partial charge is 0.379 e. The molecule has 0 fully saturated rings. The second-order valence-corrected chi connectivity index (χ2v) is 4.43. The van der Waals surface area contributed by atoms with Crippen LogP contribution in [0.1, 0.15) is 11.3 Å². The van der Waals surface area contributed by atoms with Gasteiger partial charge in [-0.15, -0.1) is 0 Å². The van der Waals surface area contributed by atoms with Gasteiger partial charge in [0, 0.05) is 17.6 Å². The van der Waals surface area contributed by atoms with Gasteiger partial charge in [-0.25, -0.2) is 4.98 Å². The van der Waals surface area contributed by atoms with Gasteiger partial charge < -0.3 is 10.3 Å². The lowest BCUT2D eigenvalue weighted by molar-refractivity contribution is 1.07. The van der Waals surface area contributed by atoms with Crippen molar-refractivity contribution in [2.24, 2.45) is 0 Å². The van der Waals surface area contributed by atoms with Crippen molar-refractivity contribution in [2.75, 3.05) is 11.6 Å². The van der Waals surface area contributed by atoms with E-state index in [-0.39, 0.29) is 0 Å². The van der Waals surface area contributed by atoms with Gasteiger partial charge in [0.2, 0.25) is 0 Å². The molecule has 16 heavy (non-hydrogen) atoms. The van der Waals surface area contributed by atoms with Crippen molar-refractivity contribution >= 4 is 17.4 Å². The first-order chi connectivity index (χ1) is 7.88. The standard InChI is InChI=1S/C12H15N3S/c1-16-8-10-3-2-4-11(5-10)14-7-12-6-13-9-15-12/h2-6,9,14H,7-8H2,1H3,(H,13,15). The molecule has 0 radical (unpaired) electrons. The van der Waals surface area contributed by atoms with Gasteiger partial charge in [-0.05, 0) is 24.0 Å². The van der Waals surface area contributed by atoms with Crippen LogP contribution in [0.15, 0.2) is 36.8 Å². The lowest BCUT2D eigenvalue weighted by Gasteiger charge is -2.06. The topological polar surface area (TPSA) is 40.7 Å². The van der Waals surface area contributed by atoms with Gasteiger partial charge in [0.1, 0.15) is 0 Å². The SMILES string of the molecule is CSCc1cccc(NCc2cnc[nH]2)c1. The zero-order valence-electron chi connectivity index (χ0n) is 9.23. The fraction of sp³-hybridized carbons (Fsp3) is 0.250. The Morgan fingerprint density at radius 3 is 3.12 bits per heavy atom. The minimum absolute atomic E-state index is 0.780. The molecule has 2 aromatic rings. The normalized spacial score (nSPS) is 10.3. The van der Waals surface area contributed by atoms with Crippen molar-refractivity contribution in [1.82, 2.24) is 9.97 Å². The van der Waals surface area contributed by atoms with E-state index in [1.165, 1.54) is 5.56 Å². The van der Waals surface area contributed by atoms with Crippen LogP contribution in [0.2, 0.25) is 0 Å². The number of rotatable bonds is 5. The van der Waals surface area contributed by atoms with E-state index in [0.29, 0.717) is 0 Å². The van der Waals surface area contributed by atoms with Crippen LogP contribution in [0.25, 0.3) is 0 Å². The lowest BCUT2D eigenvalue weighted by atomic mass is 10.2. The summed E-state index contributed by atoms with van der Waals surface area (Å²) in [5.41, 5.74) is 3.60. The molecule has 0 bridgehead atoms. The molecule has 0 aliphatic heterocycles. The molecular formula is C12H15N3S. The summed E-state index contributed by atoms with van der Waals surface area (Å²) in [6.07, 6.45) is 5.64. The first-order valence-corrected chi connectivity index (χ1v) is 6.57. The Morgan fingerprint density at radius 1 is 1.44 bits per heavy atom. The van der Waals surface area contributed by atoms with Gasteiger partial charge in [0.05, 0.1) is 18.6 Å². The highest BCUT2D eigenvalue weighted by Crippen LogP contribution is 2.15. The maximum absolute atomic E-state index is 3.98. The fourth-order valence-electron chi connectivity index (χ4n) is 1.52. The Kier molecular flexibility index (Phi) is 3.88. The van der Waals surface area contributed by atoms with E-state index in [4.69, 9.17) is 0 Å². The number of nitrogens with zero attached hydrogens (tertiary/aromatic N) is 1. The van der Waals surface area contributed by atoms with E-state index in [1.807, 2.05) is 18.0 Å². The first-order valence-electron chi connectivity index (χ1n) is 5.17. The molecule has 1 aromatic heterocycles. The second kappa shape index (κ2) is 5.61. The maximum atomic E-state index is 3.98. The van der Waals surface area contributed by atoms with E-state index in [2.05, 4.69) is 45.8 Å². The quantitative estimate of drug-likeness (QED) is 0.834. The molecule has 0 aliphatic carbocycles. The third kappa shape index (κ3) is 3.03. The Morgan fingerprint density at radius 2 is 2.38 bits per heavy atom. The van der Waals surface area contributed by atoms with E-state index in [0.717, 1.165) is 23.7 Å². The number of hydrogen-bond acceptors (Lipinski definition) is 3. The number of nitrogens with one attached hydrogen (secondary N) is 2.